The zero-order valence-electron chi connectivity index (χ0n) is 8.97. The number of hydrogen-bond acceptors (Lipinski definition) is 0. The molecule has 0 radical (unpaired) electrons. The summed E-state index contributed by atoms with van der Waals surface area (Å²) in [5.41, 5.74) is 0. The lowest BCUT2D eigenvalue weighted by Gasteiger charge is -2.15. The van der Waals surface area contributed by atoms with Crippen LogP contribution in [0.1, 0.15) is 59.3 Å². The molecule has 0 heterocycles. The topological polar surface area (TPSA) is 0 Å². The van der Waals surface area contributed by atoms with Gasteiger partial charge in [-0.05, 0) is 17.8 Å². The van der Waals surface area contributed by atoms with Crippen molar-refractivity contribution in [2.45, 2.75) is 59.3 Å². The summed E-state index contributed by atoms with van der Waals surface area (Å²) in [6.07, 6.45) is 8.90. The van der Waals surface area contributed by atoms with Gasteiger partial charge < -0.3 is 0 Å². The van der Waals surface area contributed by atoms with Crippen LogP contribution in [0.4, 0.5) is 0 Å². The van der Waals surface area contributed by atoms with Gasteiger partial charge in [0, 0.05) is 0 Å². The lowest BCUT2D eigenvalue weighted by Crippen LogP contribution is -2.04. The van der Waals surface area contributed by atoms with E-state index >= 15 is 0 Å². The molecule has 0 aliphatic heterocycles. The molecule has 0 aromatic rings. The normalized spacial score (nSPS) is 30.0. The number of hydrogen-bond donors (Lipinski definition) is 0. The first-order valence-corrected chi connectivity index (χ1v) is 5.70. The monoisotopic (exact) mass is 168 g/mol. The van der Waals surface area contributed by atoms with Gasteiger partial charge in [-0.2, -0.15) is 0 Å². The average Bonchev–Trinajstić information content (AvgIpc) is 2.36. The summed E-state index contributed by atoms with van der Waals surface area (Å²) in [6.45, 7) is 7.10. The molecule has 0 saturated heterocycles. The van der Waals surface area contributed by atoms with E-state index in [2.05, 4.69) is 20.8 Å². The van der Waals surface area contributed by atoms with Gasteiger partial charge in [0.15, 0.2) is 0 Å². The van der Waals surface area contributed by atoms with Gasteiger partial charge in [0.25, 0.3) is 0 Å². The van der Waals surface area contributed by atoms with E-state index in [9.17, 15) is 0 Å². The highest BCUT2D eigenvalue weighted by atomic mass is 14.3. The summed E-state index contributed by atoms with van der Waals surface area (Å²) in [6, 6.07) is 0. The molecule has 0 spiro atoms. The van der Waals surface area contributed by atoms with Crippen molar-refractivity contribution in [2.75, 3.05) is 0 Å². The summed E-state index contributed by atoms with van der Waals surface area (Å²) < 4.78 is 0. The van der Waals surface area contributed by atoms with Crippen LogP contribution < -0.4 is 0 Å². The summed E-state index contributed by atoms with van der Waals surface area (Å²) in [5.74, 6) is 3.00. The second-order valence-electron chi connectivity index (χ2n) is 4.99. The molecular formula is C12H24. The molecule has 2 atom stereocenters. The summed E-state index contributed by atoms with van der Waals surface area (Å²) in [5, 5.41) is 0. The van der Waals surface area contributed by atoms with Gasteiger partial charge in [-0.1, -0.05) is 59.3 Å². The standard InChI is InChI=1S/C12H24/c1-10(2)6-4-8-12-9-5-7-11(12)3/h10-12H,4-9H2,1-3H3. The third-order valence-corrected chi connectivity index (χ3v) is 3.40. The molecule has 1 aliphatic carbocycles. The van der Waals surface area contributed by atoms with Gasteiger partial charge in [-0.15, -0.1) is 0 Å². The lowest BCUT2D eigenvalue weighted by atomic mass is 9.91. The molecule has 0 amide bonds. The third-order valence-electron chi connectivity index (χ3n) is 3.40. The molecule has 0 aromatic carbocycles. The Bertz CT molecular complexity index is 115. The Hall–Kier alpha value is 0. The van der Waals surface area contributed by atoms with Gasteiger partial charge in [0.05, 0.1) is 0 Å². The van der Waals surface area contributed by atoms with Crippen molar-refractivity contribution in [3.05, 3.63) is 0 Å². The predicted molar refractivity (Wildman–Crippen MR) is 55.2 cm³/mol. The van der Waals surface area contributed by atoms with E-state index in [1.54, 1.807) is 0 Å². The van der Waals surface area contributed by atoms with E-state index < -0.39 is 0 Å². The van der Waals surface area contributed by atoms with Gasteiger partial charge in [0.2, 0.25) is 0 Å². The highest BCUT2D eigenvalue weighted by molar-refractivity contribution is 4.73. The molecular weight excluding hydrogens is 144 g/mol. The maximum Gasteiger partial charge on any atom is -0.0388 e. The molecule has 1 fully saturated rings. The number of rotatable bonds is 4. The van der Waals surface area contributed by atoms with Gasteiger partial charge in [0.1, 0.15) is 0 Å². The van der Waals surface area contributed by atoms with Crippen LogP contribution in [0.25, 0.3) is 0 Å². The molecule has 0 nitrogen and oxygen atoms in total. The van der Waals surface area contributed by atoms with Crippen molar-refractivity contribution in [1.82, 2.24) is 0 Å². The van der Waals surface area contributed by atoms with Gasteiger partial charge in [-0.3, -0.25) is 0 Å². The first kappa shape index (κ1) is 10.1. The fraction of sp³-hybridized carbons (Fsp3) is 1.00. The van der Waals surface area contributed by atoms with Crippen LogP contribution in [-0.4, -0.2) is 0 Å². The minimum atomic E-state index is 0.904. The van der Waals surface area contributed by atoms with E-state index in [0.29, 0.717) is 0 Å². The quantitative estimate of drug-likeness (QED) is 0.588. The first-order chi connectivity index (χ1) is 5.70. The Kier molecular flexibility index (Phi) is 4.11. The van der Waals surface area contributed by atoms with Crippen LogP contribution in [0.15, 0.2) is 0 Å². The van der Waals surface area contributed by atoms with Crippen LogP contribution in [0.3, 0.4) is 0 Å². The molecule has 12 heavy (non-hydrogen) atoms. The molecule has 0 aromatic heterocycles. The molecule has 0 heteroatoms. The maximum absolute atomic E-state index is 2.44. The van der Waals surface area contributed by atoms with E-state index in [1.165, 1.54) is 38.5 Å². The molecule has 72 valence electrons. The lowest BCUT2D eigenvalue weighted by molar-refractivity contribution is 0.365. The minimum absolute atomic E-state index is 0.904. The average molecular weight is 168 g/mol. The Labute approximate surface area is 77.7 Å². The second-order valence-corrected chi connectivity index (χ2v) is 4.99. The largest absolute Gasteiger partial charge is 0.0628 e. The van der Waals surface area contributed by atoms with Gasteiger partial charge in [-0.25, -0.2) is 0 Å². The van der Waals surface area contributed by atoms with E-state index in [4.69, 9.17) is 0 Å². The molecule has 1 rings (SSSR count). The van der Waals surface area contributed by atoms with Crippen LogP contribution >= 0.6 is 0 Å². The Morgan fingerprint density at radius 3 is 2.50 bits per heavy atom. The molecule has 0 bridgehead atoms. The zero-order valence-corrected chi connectivity index (χ0v) is 8.97. The fourth-order valence-electron chi connectivity index (χ4n) is 2.44. The minimum Gasteiger partial charge on any atom is -0.0628 e. The Morgan fingerprint density at radius 1 is 1.25 bits per heavy atom. The predicted octanol–water partition coefficient (Wildman–Crippen LogP) is 4.25. The van der Waals surface area contributed by atoms with Crippen LogP contribution in [0.5, 0.6) is 0 Å². The van der Waals surface area contributed by atoms with E-state index in [1.807, 2.05) is 0 Å². The Morgan fingerprint density at radius 2 is 2.00 bits per heavy atom. The van der Waals surface area contributed by atoms with E-state index in [0.717, 1.165) is 17.8 Å². The van der Waals surface area contributed by atoms with Crippen molar-refractivity contribution < 1.29 is 0 Å². The molecule has 0 N–H and O–H groups in total. The van der Waals surface area contributed by atoms with Crippen molar-refractivity contribution >= 4 is 0 Å². The van der Waals surface area contributed by atoms with Gasteiger partial charge >= 0.3 is 0 Å². The van der Waals surface area contributed by atoms with Crippen LogP contribution in [-0.2, 0) is 0 Å². The summed E-state index contributed by atoms with van der Waals surface area (Å²) >= 11 is 0. The van der Waals surface area contributed by atoms with Crippen LogP contribution in [0, 0.1) is 17.8 Å². The summed E-state index contributed by atoms with van der Waals surface area (Å²) in [7, 11) is 0. The molecule has 2 unspecified atom stereocenters. The highest BCUT2D eigenvalue weighted by Crippen LogP contribution is 2.34. The highest BCUT2D eigenvalue weighted by Gasteiger charge is 2.22. The van der Waals surface area contributed by atoms with Crippen molar-refractivity contribution in [3.8, 4) is 0 Å². The van der Waals surface area contributed by atoms with Crippen molar-refractivity contribution in [3.63, 3.8) is 0 Å². The summed E-state index contributed by atoms with van der Waals surface area (Å²) in [4.78, 5) is 0. The first-order valence-electron chi connectivity index (χ1n) is 5.70. The maximum atomic E-state index is 2.44. The van der Waals surface area contributed by atoms with Crippen molar-refractivity contribution in [1.29, 1.82) is 0 Å². The Balaban J connectivity index is 2.06. The third kappa shape index (κ3) is 3.16. The smallest absolute Gasteiger partial charge is 0.0388 e. The second kappa shape index (κ2) is 4.89. The SMILES string of the molecule is CC(C)CCCC1CCCC1C. The van der Waals surface area contributed by atoms with Crippen molar-refractivity contribution in [2.24, 2.45) is 17.8 Å². The molecule has 1 saturated carbocycles. The van der Waals surface area contributed by atoms with E-state index in [-0.39, 0.29) is 0 Å². The zero-order chi connectivity index (χ0) is 8.97. The van der Waals surface area contributed by atoms with Crippen LogP contribution in [0.2, 0.25) is 0 Å². The molecule has 1 aliphatic rings. The fourth-order valence-corrected chi connectivity index (χ4v) is 2.44.